The molecule has 132 valence electrons. The highest BCUT2D eigenvalue weighted by Crippen LogP contribution is 2.24. The molecule has 1 amide bonds. The summed E-state index contributed by atoms with van der Waals surface area (Å²) < 4.78 is 5.75. The van der Waals surface area contributed by atoms with E-state index in [0.717, 1.165) is 16.4 Å². The Labute approximate surface area is 158 Å². The molecule has 0 aliphatic carbocycles. The normalized spacial score (nSPS) is 10.6. The second kappa shape index (κ2) is 7.52. The fourth-order valence-electron chi connectivity index (χ4n) is 2.64. The first-order valence-electron chi connectivity index (χ1n) is 8.36. The Bertz CT molecular complexity index is 1080. The summed E-state index contributed by atoms with van der Waals surface area (Å²) in [6.07, 6.45) is 0. The lowest BCUT2D eigenvalue weighted by Gasteiger charge is -2.07. The van der Waals surface area contributed by atoms with Gasteiger partial charge in [-0.05, 0) is 47.8 Å². The molecule has 0 bridgehead atoms. The average Bonchev–Trinajstić information content (AvgIpc) is 3.20. The van der Waals surface area contributed by atoms with Crippen molar-refractivity contribution in [1.29, 1.82) is 0 Å². The van der Waals surface area contributed by atoms with Crippen molar-refractivity contribution < 1.29 is 9.21 Å². The van der Waals surface area contributed by atoms with Crippen LogP contribution >= 0.6 is 9.24 Å². The van der Waals surface area contributed by atoms with Gasteiger partial charge in [-0.2, -0.15) is 0 Å². The third-order valence-corrected chi connectivity index (χ3v) is 4.54. The third kappa shape index (κ3) is 3.78. The van der Waals surface area contributed by atoms with Crippen LogP contribution in [0.2, 0.25) is 0 Å². The molecule has 0 spiro atoms. The summed E-state index contributed by atoms with van der Waals surface area (Å²) in [6.45, 7) is 0. The van der Waals surface area contributed by atoms with E-state index in [0.29, 0.717) is 23.0 Å². The van der Waals surface area contributed by atoms with Crippen molar-refractivity contribution >= 4 is 26.1 Å². The molecule has 0 aliphatic heterocycles. The van der Waals surface area contributed by atoms with Crippen LogP contribution < -0.4 is 10.6 Å². The number of nitrogens with zero attached hydrogens (tertiary/aromatic N) is 2. The molecule has 27 heavy (non-hydrogen) atoms. The third-order valence-electron chi connectivity index (χ3n) is 4.04. The maximum absolute atomic E-state index is 12.4. The average molecular weight is 373 g/mol. The van der Waals surface area contributed by atoms with E-state index in [2.05, 4.69) is 24.8 Å². The molecule has 1 heterocycles. The van der Waals surface area contributed by atoms with E-state index in [1.54, 1.807) is 6.07 Å². The molecule has 3 aromatic carbocycles. The van der Waals surface area contributed by atoms with Crippen LogP contribution in [0, 0.1) is 0 Å². The maximum Gasteiger partial charge on any atom is 0.256 e. The van der Waals surface area contributed by atoms with Gasteiger partial charge in [0, 0.05) is 22.4 Å². The highest BCUT2D eigenvalue weighted by molar-refractivity contribution is 7.27. The monoisotopic (exact) mass is 373 g/mol. The van der Waals surface area contributed by atoms with Crippen LogP contribution in [-0.4, -0.2) is 16.1 Å². The zero-order valence-corrected chi connectivity index (χ0v) is 15.4. The molecule has 4 rings (SSSR count). The van der Waals surface area contributed by atoms with Gasteiger partial charge in [-0.1, -0.05) is 36.4 Å². The Balaban J connectivity index is 1.50. The first-order chi connectivity index (χ1) is 13.2. The summed E-state index contributed by atoms with van der Waals surface area (Å²) in [4.78, 5) is 12.4. The van der Waals surface area contributed by atoms with Gasteiger partial charge < -0.3 is 9.73 Å². The SMILES string of the molecule is O=C(Nc1ccc(-c2nnc(-c3ccccc3)o2)cc1)c1ccccc1P. The highest BCUT2D eigenvalue weighted by Gasteiger charge is 2.12. The number of nitrogens with one attached hydrogen (secondary N) is 1. The molecule has 1 aromatic heterocycles. The molecule has 0 saturated heterocycles. The quantitative estimate of drug-likeness (QED) is 0.546. The van der Waals surface area contributed by atoms with Crippen molar-refractivity contribution in [1.82, 2.24) is 10.2 Å². The predicted molar refractivity (Wildman–Crippen MR) is 109 cm³/mol. The number of benzene rings is 3. The molecule has 0 aliphatic rings. The van der Waals surface area contributed by atoms with Gasteiger partial charge in [0.25, 0.3) is 5.91 Å². The van der Waals surface area contributed by atoms with Crippen LogP contribution in [0.15, 0.2) is 83.3 Å². The lowest BCUT2D eigenvalue weighted by Crippen LogP contribution is -2.17. The summed E-state index contributed by atoms with van der Waals surface area (Å²) >= 11 is 0. The number of hydrogen-bond donors (Lipinski definition) is 1. The number of anilines is 1. The Morgan fingerprint density at radius 2 is 1.37 bits per heavy atom. The van der Waals surface area contributed by atoms with Gasteiger partial charge in [0.05, 0.1) is 0 Å². The minimum absolute atomic E-state index is 0.155. The van der Waals surface area contributed by atoms with E-state index >= 15 is 0 Å². The zero-order valence-electron chi connectivity index (χ0n) is 14.3. The molecule has 1 unspecified atom stereocenters. The van der Waals surface area contributed by atoms with Crippen LogP contribution in [0.3, 0.4) is 0 Å². The smallest absolute Gasteiger partial charge is 0.256 e. The molecule has 1 N–H and O–H groups in total. The first-order valence-corrected chi connectivity index (χ1v) is 8.94. The van der Waals surface area contributed by atoms with Crippen molar-refractivity contribution in [3.05, 3.63) is 84.4 Å². The van der Waals surface area contributed by atoms with Gasteiger partial charge in [-0.25, -0.2) is 0 Å². The van der Waals surface area contributed by atoms with E-state index in [-0.39, 0.29) is 5.91 Å². The van der Waals surface area contributed by atoms with Crippen molar-refractivity contribution in [2.24, 2.45) is 0 Å². The van der Waals surface area contributed by atoms with E-state index in [9.17, 15) is 4.79 Å². The molecule has 0 saturated carbocycles. The van der Waals surface area contributed by atoms with Crippen LogP contribution in [-0.2, 0) is 0 Å². The molecule has 4 aromatic rings. The van der Waals surface area contributed by atoms with Gasteiger partial charge in [0.15, 0.2) is 0 Å². The molecule has 0 radical (unpaired) electrons. The molecule has 6 heteroatoms. The summed E-state index contributed by atoms with van der Waals surface area (Å²) in [7, 11) is 2.57. The van der Waals surface area contributed by atoms with E-state index in [1.165, 1.54) is 0 Å². The van der Waals surface area contributed by atoms with Crippen molar-refractivity contribution in [2.75, 3.05) is 5.32 Å². The minimum Gasteiger partial charge on any atom is -0.416 e. The largest absolute Gasteiger partial charge is 0.416 e. The predicted octanol–water partition coefficient (Wildman–Crippen LogP) is 4.16. The Hall–Kier alpha value is -3.30. The van der Waals surface area contributed by atoms with Crippen LogP contribution in [0.4, 0.5) is 5.69 Å². The number of amides is 1. The summed E-state index contributed by atoms with van der Waals surface area (Å²) in [5, 5.41) is 11.9. The fourth-order valence-corrected chi connectivity index (χ4v) is 2.97. The first kappa shape index (κ1) is 17.1. The Morgan fingerprint density at radius 1 is 0.778 bits per heavy atom. The second-order valence-electron chi connectivity index (χ2n) is 5.90. The highest BCUT2D eigenvalue weighted by atomic mass is 31.0. The number of aromatic nitrogens is 2. The number of carbonyl (C=O) groups is 1. The fraction of sp³-hybridized carbons (Fsp3) is 0. The topological polar surface area (TPSA) is 68.0 Å². The molecule has 5 nitrogen and oxygen atoms in total. The van der Waals surface area contributed by atoms with Crippen LogP contribution in [0.5, 0.6) is 0 Å². The van der Waals surface area contributed by atoms with Crippen molar-refractivity contribution in [3.8, 4) is 22.9 Å². The van der Waals surface area contributed by atoms with Crippen molar-refractivity contribution in [3.63, 3.8) is 0 Å². The molecular formula is C21H16N3O2P. The number of carbonyl (C=O) groups excluding carboxylic acids is 1. The Kier molecular flexibility index (Phi) is 4.77. The molecule has 1 atom stereocenters. The maximum atomic E-state index is 12.4. The Morgan fingerprint density at radius 3 is 2.04 bits per heavy atom. The molecular weight excluding hydrogens is 357 g/mol. The standard InChI is InChI=1S/C21H16N3O2P/c25-19(17-8-4-5-9-18(17)27)22-16-12-10-15(11-13-16)21-24-23-20(26-21)14-6-2-1-3-7-14/h1-13H,27H2,(H,22,25). The number of rotatable bonds is 4. The number of hydrogen-bond acceptors (Lipinski definition) is 4. The zero-order chi connectivity index (χ0) is 18.6. The van der Waals surface area contributed by atoms with Crippen LogP contribution in [0.25, 0.3) is 22.9 Å². The minimum atomic E-state index is -0.155. The lowest BCUT2D eigenvalue weighted by molar-refractivity contribution is 0.102. The van der Waals surface area contributed by atoms with Gasteiger partial charge in [0.1, 0.15) is 0 Å². The summed E-state index contributed by atoms with van der Waals surface area (Å²) in [6, 6.07) is 24.3. The van der Waals surface area contributed by atoms with E-state index in [4.69, 9.17) is 4.42 Å². The second-order valence-corrected chi connectivity index (χ2v) is 6.52. The van der Waals surface area contributed by atoms with E-state index < -0.39 is 0 Å². The van der Waals surface area contributed by atoms with E-state index in [1.807, 2.05) is 72.8 Å². The van der Waals surface area contributed by atoms with Gasteiger partial charge in [-0.15, -0.1) is 19.4 Å². The summed E-state index contributed by atoms with van der Waals surface area (Å²) in [5.41, 5.74) is 2.97. The van der Waals surface area contributed by atoms with Crippen LogP contribution in [0.1, 0.15) is 10.4 Å². The van der Waals surface area contributed by atoms with Crippen molar-refractivity contribution in [2.45, 2.75) is 0 Å². The van der Waals surface area contributed by atoms with Gasteiger partial charge in [-0.3, -0.25) is 4.79 Å². The molecule has 0 fully saturated rings. The van der Waals surface area contributed by atoms with Gasteiger partial charge in [0.2, 0.25) is 11.8 Å². The van der Waals surface area contributed by atoms with Gasteiger partial charge >= 0.3 is 0 Å². The summed E-state index contributed by atoms with van der Waals surface area (Å²) in [5.74, 6) is 0.750. The lowest BCUT2D eigenvalue weighted by atomic mass is 10.2.